The average Bonchev–Trinajstić information content (AvgIpc) is 2.18. The molecule has 1 N–H and O–H groups in total. The van der Waals surface area contributed by atoms with Crippen molar-refractivity contribution in [1.82, 2.24) is 10.2 Å². The quantitative estimate of drug-likeness (QED) is 0.867. The van der Waals surface area contributed by atoms with Gasteiger partial charge in [-0.15, -0.1) is 0 Å². The van der Waals surface area contributed by atoms with Crippen molar-refractivity contribution in [3.63, 3.8) is 0 Å². The highest BCUT2D eigenvalue weighted by Gasteiger charge is 2.23. The van der Waals surface area contributed by atoms with Crippen LogP contribution in [-0.2, 0) is 6.54 Å². The van der Waals surface area contributed by atoms with Gasteiger partial charge in [0.05, 0.1) is 0 Å². The first kappa shape index (κ1) is 11.9. The minimum Gasteiger partial charge on any atom is -0.314 e. The van der Waals surface area contributed by atoms with Crippen LogP contribution in [-0.4, -0.2) is 30.6 Å². The first-order valence-electron chi connectivity index (χ1n) is 5.90. The van der Waals surface area contributed by atoms with Crippen molar-refractivity contribution in [1.29, 1.82) is 0 Å². The molecule has 0 spiro atoms. The van der Waals surface area contributed by atoms with Crippen molar-refractivity contribution in [2.75, 3.05) is 19.6 Å². The van der Waals surface area contributed by atoms with E-state index in [1.54, 1.807) is 0 Å². The van der Waals surface area contributed by atoms with Crippen molar-refractivity contribution < 1.29 is 0 Å². The summed E-state index contributed by atoms with van der Waals surface area (Å²) in [5, 5.41) is 4.21. The van der Waals surface area contributed by atoms with E-state index >= 15 is 0 Å². The van der Waals surface area contributed by atoms with Crippen LogP contribution < -0.4 is 5.32 Å². The summed E-state index contributed by atoms with van der Waals surface area (Å²) in [6, 6.07) is 7.01. The molecule has 1 aromatic carbocycles. The summed E-state index contributed by atoms with van der Waals surface area (Å²) < 4.78 is 0. The molecule has 0 aromatic heterocycles. The van der Waals surface area contributed by atoms with E-state index in [4.69, 9.17) is 11.6 Å². The molecule has 88 valence electrons. The standard InChI is InChI=1S/C13H19ClN2/c1-3-16(12-7-15-8-12)9-11-5-4-10(2)6-13(11)14/h4-6,12,15H,3,7-9H2,1-2H3. The van der Waals surface area contributed by atoms with E-state index in [2.05, 4.69) is 36.2 Å². The van der Waals surface area contributed by atoms with Gasteiger partial charge in [-0.25, -0.2) is 0 Å². The maximum Gasteiger partial charge on any atom is 0.0453 e. The van der Waals surface area contributed by atoms with Gasteiger partial charge in [0, 0.05) is 30.7 Å². The fourth-order valence-electron chi connectivity index (χ4n) is 2.03. The molecule has 1 aliphatic heterocycles. The lowest BCUT2D eigenvalue weighted by Gasteiger charge is -2.37. The van der Waals surface area contributed by atoms with Crippen molar-refractivity contribution in [2.45, 2.75) is 26.4 Å². The zero-order chi connectivity index (χ0) is 11.5. The van der Waals surface area contributed by atoms with Gasteiger partial charge < -0.3 is 5.32 Å². The minimum atomic E-state index is 0.683. The SMILES string of the molecule is CCN(Cc1ccc(C)cc1Cl)C1CNC1. The predicted octanol–water partition coefficient (Wildman–Crippen LogP) is 2.44. The largest absolute Gasteiger partial charge is 0.314 e. The monoisotopic (exact) mass is 238 g/mol. The number of rotatable bonds is 4. The summed E-state index contributed by atoms with van der Waals surface area (Å²) in [6.07, 6.45) is 0. The van der Waals surface area contributed by atoms with Crippen molar-refractivity contribution in [3.8, 4) is 0 Å². The molecular weight excluding hydrogens is 220 g/mol. The van der Waals surface area contributed by atoms with Crippen LogP contribution in [0.1, 0.15) is 18.1 Å². The topological polar surface area (TPSA) is 15.3 Å². The zero-order valence-corrected chi connectivity index (χ0v) is 10.7. The number of nitrogens with one attached hydrogen (secondary N) is 1. The van der Waals surface area contributed by atoms with Gasteiger partial charge in [0.25, 0.3) is 0 Å². The molecule has 0 radical (unpaired) electrons. The first-order chi connectivity index (χ1) is 7.70. The molecule has 1 fully saturated rings. The molecule has 0 atom stereocenters. The van der Waals surface area contributed by atoms with Gasteiger partial charge in [-0.3, -0.25) is 4.90 Å². The van der Waals surface area contributed by atoms with Crippen molar-refractivity contribution in [3.05, 3.63) is 34.3 Å². The Morgan fingerprint density at radius 1 is 1.44 bits per heavy atom. The molecule has 0 saturated carbocycles. The number of nitrogens with zero attached hydrogens (tertiary/aromatic N) is 1. The number of hydrogen-bond donors (Lipinski definition) is 1. The third-order valence-corrected chi connectivity index (χ3v) is 3.62. The molecule has 1 heterocycles. The molecule has 0 unspecified atom stereocenters. The smallest absolute Gasteiger partial charge is 0.0453 e. The van der Waals surface area contributed by atoms with Crippen LogP contribution in [0.2, 0.25) is 5.02 Å². The molecule has 0 bridgehead atoms. The Labute approximate surface area is 103 Å². The number of halogens is 1. The van der Waals surface area contributed by atoms with E-state index in [0.29, 0.717) is 6.04 Å². The van der Waals surface area contributed by atoms with Crippen LogP contribution in [0, 0.1) is 6.92 Å². The molecule has 3 heteroatoms. The number of likely N-dealkylation sites (N-methyl/N-ethyl adjacent to an activating group) is 1. The Kier molecular flexibility index (Phi) is 3.85. The fourth-order valence-corrected chi connectivity index (χ4v) is 2.32. The van der Waals surface area contributed by atoms with Crippen molar-refractivity contribution >= 4 is 11.6 Å². The van der Waals surface area contributed by atoms with Gasteiger partial charge in [-0.05, 0) is 30.7 Å². The molecule has 2 rings (SSSR count). The van der Waals surface area contributed by atoms with Gasteiger partial charge in [-0.2, -0.15) is 0 Å². The first-order valence-corrected chi connectivity index (χ1v) is 6.28. The Bertz CT molecular complexity index is 361. The highest BCUT2D eigenvalue weighted by molar-refractivity contribution is 6.31. The lowest BCUT2D eigenvalue weighted by molar-refractivity contribution is 0.145. The zero-order valence-electron chi connectivity index (χ0n) is 9.96. The summed E-state index contributed by atoms with van der Waals surface area (Å²) in [6.45, 7) is 8.54. The number of benzene rings is 1. The van der Waals surface area contributed by atoms with Crippen LogP contribution >= 0.6 is 11.6 Å². The van der Waals surface area contributed by atoms with Gasteiger partial charge in [-0.1, -0.05) is 30.7 Å². The molecule has 1 aliphatic rings. The van der Waals surface area contributed by atoms with Crippen LogP contribution in [0.15, 0.2) is 18.2 Å². The molecule has 1 aromatic rings. The lowest BCUT2D eigenvalue weighted by atomic mass is 10.1. The van der Waals surface area contributed by atoms with E-state index in [0.717, 1.165) is 31.2 Å². The molecule has 0 amide bonds. The van der Waals surface area contributed by atoms with Gasteiger partial charge in [0.1, 0.15) is 0 Å². The van der Waals surface area contributed by atoms with E-state index in [1.165, 1.54) is 11.1 Å². The van der Waals surface area contributed by atoms with Gasteiger partial charge in [0.2, 0.25) is 0 Å². The Morgan fingerprint density at radius 3 is 2.69 bits per heavy atom. The average molecular weight is 239 g/mol. The van der Waals surface area contributed by atoms with Gasteiger partial charge in [0.15, 0.2) is 0 Å². The molecule has 0 aliphatic carbocycles. The van der Waals surface area contributed by atoms with E-state index < -0.39 is 0 Å². The van der Waals surface area contributed by atoms with Gasteiger partial charge >= 0.3 is 0 Å². The minimum absolute atomic E-state index is 0.683. The van der Waals surface area contributed by atoms with E-state index in [1.807, 2.05) is 6.07 Å². The van der Waals surface area contributed by atoms with Crippen LogP contribution in [0.5, 0.6) is 0 Å². The second kappa shape index (κ2) is 5.17. The third-order valence-electron chi connectivity index (χ3n) is 3.26. The Balaban J connectivity index is 2.06. The van der Waals surface area contributed by atoms with Crippen LogP contribution in [0.4, 0.5) is 0 Å². The van der Waals surface area contributed by atoms with E-state index in [-0.39, 0.29) is 0 Å². The molecule has 16 heavy (non-hydrogen) atoms. The summed E-state index contributed by atoms with van der Waals surface area (Å²) >= 11 is 6.25. The lowest BCUT2D eigenvalue weighted by Crippen LogP contribution is -2.56. The Hall–Kier alpha value is -0.570. The summed E-state index contributed by atoms with van der Waals surface area (Å²) in [5.41, 5.74) is 2.46. The highest BCUT2D eigenvalue weighted by Crippen LogP contribution is 2.20. The molecular formula is C13H19ClN2. The maximum absolute atomic E-state index is 6.25. The molecule has 1 saturated heterocycles. The number of aryl methyl sites for hydroxylation is 1. The molecule has 2 nitrogen and oxygen atoms in total. The summed E-state index contributed by atoms with van der Waals surface area (Å²) in [5.74, 6) is 0. The Morgan fingerprint density at radius 2 is 2.19 bits per heavy atom. The predicted molar refractivity (Wildman–Crippen MR) is 68.9 cm³/mol. The normalized spacial score (nSPS) is 16.5. The summed E-state index contributed by atoms with van der Waals surface area (Å²) in [7, 11) is 0. The maximum atomic E-state index is 6.25. The third kappa shape index (κ3) is 2.57. The van der Waals surface area contributed by atoms with E-state index in [9.17, 15) is 0 Å². The van der Waals surface area contributed by atoms with Crippen LogP contribution in [0.25, 0.3) is 0 Å². The fraction of sp³-hybridized carbons (Fsp3) is 0.538. The number of hydrogen-bond acceptors (Lipinski definition) is 2. The summed E-state index contributed by atoms with van der Waals surface area (Å²) in [4.78, 5) is 2.48. The van der Waals surface area contributed by atoms with Crippen molar-refractivity contribution in [2.24, 2.45) is 0 Å². The van der Waals surface area contributed by atoms with Crippen LogP contribution in [0.3, 0.4) is 0 Å². The second-order valence-electron chi connectivity index (χ2n) is 4.47. The second-order valence-corrected chi connectivity index (χ2v) is 4.88. The highest BCUT2D eigenvalue weighted by atomic mass is 35.5.